The Morgan fingerprint density at radius 1 is 1.17 bits per heavy atom. The standard InChI is InChI=1S/C11H24O/c1-5-8-10(4)11(6-2)9-12-7-3/h10-11H,5-9H2,1-4H3. The Morgan fingerprint density at radius 2 is 1.83 bits per heavy atom. The molecule has 0 aliphatic heterocycles. The van der Waals surface area contributed by atoms with Gasteiger partial charge < -0.3 is 4.74 Å². The molecular formula is C11H24O. The van der Waals surface area contributed by atoms with Crippen LogP contribution in [0.3, 0.4) is 0 Å². The van der Waals surface area contributed by atoms with Crippen LogP contribution in [0.1, 0.15) is 47.0 Å². The maximum Gasteiger partial charge on any atom is 0.0496 e. The van der Waals surface area contributed by atoms with Crippen molar-refractivity contribution in [3.05, 3.63) is 0 Å². The van der Waals surface area contributed by atoms with Gasteiger partial charge in [-0.25, -0.2) is 0 Å². The number of ether oxygens (including phenoxy) is 1. The summed E-state index contributed by atoms with van der Waals surface area (Å²) in [5, 5.41) is 0. The largest absolute Gasteiger partial charge is 0.381 e. The van der Waals surface area contributed by atoms with Gasteiger partial charge in [-0.1, -0.05) is 40.0 Å². The van der Waals surface area contributed by atoms with Crippen molar-refractivity contribution in [3.63, 3.8) is 0 Å². The molecule has 0 saturated heterocycles. The zero-order valence-corrected chi connectivity index (χ0v) is 9.10. The quantitative estimate of drug-likeness (QED) is 0.571. The zero-order valence-electron chi connectivity index (χ0n) is 9.10. The third-order valence-electron chi connectivity index (χ3n) is 2.61. The predicted molar refractivity (Wildman–Crippen MR) is 54.3 cm³/mol. The van der Waals surface area contributed by atoms with E-state index >= 15 is 0 Å². The van der Waals surface area contributed by atoms with Gasteiger partial charge in [0, 0.05) is 13.2 Å². The van der Waals surface area contributed by atoms with Crippen LogP contribution in [0.5, 0.6) is 0 Å². The van der Waals surface area contributed by atoms with Crippen LogP contribution in [-0.2, 0) is 4.74 Å². The summed E-state index contributed by atoms with van der Waals surface area (Å²) >= 11 is 0. The summed E-state index contributed by atoms with van der Waals surface area (Å²) in [5.41, 5.74) is 0. The maximum absolute atomic E-state index is 5.45. The van der Waals surface area contributed by atoms with Gasteiger partial charge in [0.25, 0.3) is 0 Å². The minimum Gasteiger partial charge on any atom is -0.381 e. The fraction of sp³-hybridized carbons (Fsp3) is 1.00. The Hall–Kier alpha value is -0.0400. The highest BCUT2D eigenvalue weighted by Gasteiger charge is 2.13. The molecule has 0 aromatic heterocycles. The molecule has 0 amide bonds. The van der Waals surface area contributed by atoms with Gasteiger partial charge in [-0.15, -0.1) is 0 Å². The average Bonchev–Trinajstić information content (AvgIpc) is 2.06. The Balaban J connectivity index is 3.62. The van der Waals surface area contributed by atoms with Gasteiger partial charge >= 0.3 is 0 Å². The van der Waals surface area contributed by atoms with E-state index in [9.17, 15) is 0 Å². The molecule has 0 heterocycles. The van der Waals surface area contributed by atoms with Crippen molar-refractivity contribution < 1.29 is 4.74 Å². The Labute approximate surface area is 77.5 Å². The van der Waals surface area contributed by atoms with E-state index in [1.54, 1.807) is 0 Å². The van der Waals surface area contributed by atoms with Crippen molar-refractivity contribution in [2.75, 3.05) is 13.2 Å². The lowest BCUT2D eigenvalue weighted by molar-refractivity contribution is 0.0851. The molecule has 0 aromatic rings. The SMILES string of the molecule is CCCC(C)C(CC)COCC. The maximum atomic E-state index is 5.45. The van der Waals surface area contributed by atoms with E-state index in [-0.39, 0.29) is 0 Å². The van der Waals surface area contributed by atoms with Crippen molar-refractivity contribution >= 4 is 0 Å². The molecule has 2 atom stereocenters. The van der Waals surface area contributed by atoms with Crippen LogP contribution in [0.2, 0.25) is 0 Å². The zero-order chi connectivity index (χ0) is 9.40. The molecule has 12 heavy (non-hydrogen) atoms. The first-order chi connectivity index (χ1) is 5.76. The summed E-state index contributed by atoms with van der Waals surface area (Å²) in [6.07, 6.45) is 3.89. The first-order valence-corrected chi connectivity index (χ1v) is 5.33. The Kier molecular flexibility index (Phi) is 7.58. The molecule has 0 aliphatic carbocycles. The van der Waals surface area contributed by atoms with E-state index in [0.29, 0.717) is 0 Å². The molecule has 2 unspecified atom stereocenters. The first kappa shape index (κ1) is 12.0. The summed E-state index contributed by atoms with van der Waals surface area (Å²) in [7, 11) is 0. The fourth-order valence-corrected chi connectivity index (χ4v) is 1.64. The topological polar surface area (TPSA) is 9.23 Å². The van der Waals surface area contributed by atoms with Crippen LogP contribution in [0.25, 0.3) is 0 Å². The highest BCUT2D eigenvalue weighted by Crippen LogP contribution is 2.20. The summed E-state index contributed by atoms with van der Waals surface area (Å²) < 4.78 is 5.45. The fourth-order valence-electron chi connectivity index (χ4n) is 1.64. The van der Waals surface area contributed by atoms with E-state index in [0.717, 1.165) is 25.0 Å². The van der Waals surface area contributed by atoms with Crippen LogP contribution < -0.4 is 0 Å². The highest BCUT2D eigenvalue weighted by atomic mass is 16.5. The van der Waals surface area contributed by atoms with Crippen LogP contribution in [0, 0.1) is 11.8 Å². The van der Waals surface area contributed by atoms with Crippen LogP contribution in [0.15, 0.2) is 0 Å². The Bertz CT molecular complexity index is 91.0. The lowest BCUT2D eigenvalue weighted by Gasteiger charge is -2.21. The summed E-state index contributed by atoms with van der Waals surface area (Å²) in [4.78, 5) is 0. The van der Waals surface area contributed by atoms with E-state index in [1.165, 1.54) is 19.3 Å². The lowest BCUT2D eigenvalue weighted by Crippen LogP contribution is -2.17. The molecule has 0 bridgehead atoms. The van der Waals surface area contributed by atoms with Gasteiger partial charge in [-0.3, -0.25) is 0 Å². The second kappa shape index (κ2) is 7.60. The average molecular weight is 172 g/mol. The van der Waals surface area contributed by atoms with Crippen molar-refractivity contribution in [3.8, 4) is 0 Å². The molecule has 1 nitrogen and oxygen atoms in total. The third kappa shape index (κ3) is 4.76. The molecular weight excluding hydrogens is 148 g/mol. The van der Waals surface area contributed by atoms with Crippen molar-refractivity contribution in [2.24, 2.45) is 11.8 Å². The lowest BCUT2D eigenvalue weighted by atomic mass is 9.89. The van der Waals surface area contributed by atoms with Gasteiger partial charge in [0.05, 0.1) is 0 Å². The van der Waals surface area contributed by atoms with Gasteiger partial charge in [0.1, 0.15) is 0 Å². The minimum atomic E-state index is 0.768. The molecule has 0 saturated carbocycles. The van der Waals surface area contributed by atoms with Crippen molar-refractivity contribution in [2.45, 2.75) is 47.0 Å². The van der Waals surface area contributed by atoms with Gasteiger partial charge in [0.15, 0.2) is 0 Å². The summed E-state index contributed by atoms with van der Waals surface area (Å²) in [6, 6.07) is 0. The second-order valence-electron chi connectivity index (χ2n) is 3.59. The molecule has 0 N–H and O–H groups in total. The minimum absolute atomic E-state index is 0.768. The van der Waals surface area contributed by atoms with Crippen LogP contribution in [-0.4, -0.2) is 13.2 Å². The number of hydrogen-bond acceptors (Lipinski definition) is 1. The molecule has 0 aliphatic rings. The second-order valence-corrected chi connectivity index (χ2v) is 3.59. The molecule has 0 spiro atoms. The van der Waals surface area contributed by atoms with Gasteiger partial charge in [-0.2, -0.15) is 0 Å². The Morgan fingerprint density at radius 3 is 2.25 bits per heavy atom. The van der Waals surface area contributed by atoms with E-state index in [1.807, 2.05) is 0 Å². The summed E-state index contributed by atoms with van der Waals surface area (Å²) in [6.45, 7) is 10.7. The van der Waals surface area contributed by atoms with Crippen molar-refractivity contribution in [1.29, 1.82) is 0 Å². The molecule has 74 valence electrons. The van der Waals surface area contributed by atoms with E-state index in [4.69, 9.17) is 4.74 Å². The number of rotatable bonds is 7. The third-order valence-corrected chi connectivity index (χ3v) is 2.61. The van der Waals surface area contributed by atoms with Gasteiger partial charge in [0.2, 0.25) is 0 Å². The van der Waals surface area contributed by atoms with E-state index in [2.05, 4.69) is 27.7 Å². The molecule has 0 radical (unpaired) electrons. The van der Waals surface area contributed by atoms with E-state index < -0.39 is 0 Å². The van der Waals surface area contributed by atoms with Gasteiger partial charge in [-0.05, 0) is 18.8 Å². The summed E-state index contributed by atoms with van der Waals surface area (Å²) in [5.74, 6) is 1.59. The normalized spacial score (nSPS) is 16.0. The highest BCUT2D eigenvalue weighted by molar-refractivity contribution is 4.63. The molecule has 1 heteroatoms. The first-order valence-electron chi connectivity index (χ1n) is 5.33. The monoisotopic (exact) mass is 172 g/mol. The predicted octanol–water partition coefficient (Wildman–Crippen LogP) is 3.49. The smallest absolute Gasteiger partial charge is 0.0496 e. The molecule has 0 aromatic carbocycles. The molecule has 0 rings (SSSR count). The van der Waals surface area contributed by atoms with Crippen LogP contribution in [0.4, 0.5) is 0 Å². The van der Waals surface area contributed by atoms with Crippen molar-refractivity contribution in [1.82, 2.24) is 0 Å². The number of hydrogen-bond donors (Lipinski definition) is 0. The molecule has 0 fully saturated rings. The van der Waals surface area contributed by atoms with Crippen LogP contribution >= 0.6 is 0 Å².